The van der Waals surface area contributed by atoms with Crippen molar-refractivity contribution in [3.63, 3.8) is 0 Å². The van der Waals surface area contributed by atoms with Crippen LogP contribution in [0.1, 0.15) is 48.7 Å². The van der Waals surface area contributed by atoms with Gasteiger partial charge in [0.2, 0.25) is 5.91 Å². The predicted molar refractivity (Wildman–Crippen MR) is 104 cm³/mol. The lowest BCUT2D eigenvalue weighted by Crippen LogP contribution is -2.48. The number of carbonyl (C=O) groups is 1. The van der Waals surface area contributed by atoms with Crippen molar-refractivity contribution in [3.8, 4) is 0 Å². The Kier molecular flexibility index (Phi) is 4.65. The molecule has 2 fully saturated rings. The summed E-state index contributed by atoms with van der Waals surface area (Å²) < 4.78 is 1.94. The van der Waals surface area contributed by atoms with E-state index in [1.807, 2.05) is 24.0 Å². The number of aromatic nitrogens is 2. The highest BCUT2D eigenvalue weighted by Crippen LogP contribution is 2.52. The number of nitrogens with one attached hydrogen (secondary N) is 1. The van der Waals surface area contributed by atoms with Gasteiger partial charge >= 0.3 is 0 Å². The molecule has 5 nitrogen and oxygen atoms in total. The van der Waals surface area contributed by atoms with Crippen LogP contribution in [-0.4, -0.2) is 32.7 Å². The maximum absolute atomic E-state index is 13.2. The second-order valence-electron chi connectivity index (χ2n) is 7.77. The Morgan fingerprint density at radius 2 is 2.31 bits per heavy atom. The molecular weight excluding hydrogens is 344 g/mol. The number of aryl methyl sites for hydroxylation is 1. The van der Waals surface area contributed by atoms with Gasteiger partial charge in [0, 0.05) is 41.8 Å². The van der Waals surface area contributed by atoms with E-state index in [-0.39, 0.29) is 11.3 Å². The standard InChI is InChI=1S/C20H28N4OS/c1-4-20(19(25)21-12-17-6-5-9-26-17)10-16-7-8-18(20)24(16)13-15-11-22-23(3)14(15)2/h5-6,9,11,16,18H,4,7-8,10,12-13H2,1-3H3,(H,21,25)/t16-,18+,20+/m0/s1. The van der Waals surface area contributed by atoms with Crippen molar-refractivity contribution >= 4 is 17.2 Å². The van der Waals surface area contributed by atoms with E-state index < -0.39 is 0 Å². The van der Waals surface area contributed by atoms with Crippen LogP contribution in [-0.2, 0) is 24.9 Å². The zero-order chi connectivity index (χ0) is 18.3. The van der Waals surface area contributed by atoms with Gasteiger partial charge in [0.15, 0.2) is 0 Å². The minimum Gasteiger partial charge on any atom is -0.351 e. The summed E-state index contributed by atoms with van der Waals surface area (Å²) in [6, 6.07) is 4.99. The lowest BCUT2D eigenvalue weighted by atomic mass is 9.71. The summed E-state index contributed by atoms with van der Waals surface area (Å²) in [6.45, 7) is 5.87. The van der Waals surface area contributed by atoms with Crippen molar-refractivity contribution in [1.29, 1.82) is 0 Å². The first-order valence-electron chi connectivity index (χ1n) is 9.59. The average Bonchev–Trinajstić information content (AvgIpc) is 3.42. The molecule has 0 radical (unpaired) electrons. The van der Waals surface area contributed by atoms with Gasteiger partial charge in [0.1, 0.15) is 0 Å². The molecule has 2 bridgehead atoms. The summed E-state index contributed by atoms with van der Waals surface area (Å²) in [5, 5.41) is 9.68. The molecular formula is C20H28N4OS. The van der Waals surface area contributed by atoms with Gasteiger partial charge in [-0.05, 0) is 44.1 Å². The van der Waals surface area contributed by atoms with Crippen LogP contribution in [0.2, 0.25) is 0 Å². The maximum atomic E-state index is 13.2. The number of nitrogens with zero attached hydrogens (tertiary/aromatic N) is 3. The van der Waals surface area contributed by atoms with Gasteiger partial charge in [-0.15, -0.1) is 11.3 Å². The van der Waals surface area contributed by atoms with Crippen molar-refractivity contribution in [2.24, 2.45) is 12.5 Å². The van der Waals surface area contributed by atoms with Crippen LogP contribution in [0.15, 0.2) is 23.7 Å². The molecule has 0 saturated carbocycles. The quantitative estimate of drug-likeness (QED) is 0.847. The lowest BCUT2D eigenvalue weighted by molar-refractivity contribution is -0.133. The highest BCUT2D eigenvalue weighted by molar-refractivity contribution is 7.09. The number of rotatable bonds is 6. The third-order valence-corrected chi connectivity index (χ3v) is 7.53. The van der Waals surface area contributed by atoms with Crippen molar-refractivity contribution in [3.05, 3.63) is 39.8 Å². The molecule has 0 spiro atoms. The van der Waals surface area contributed by atoms with Crippen LogP contribution < -0.4 is 5.32 Å². The van der Waals surface area contributed by atoms with Gasteiger partial charge in [0.05, 0.1) is 18.2 Å². The highest BCUT2D eigenvalue weighted by atomic mass is 32.1. The summed E-state index contributed by atoms with van der Waals surface area (Å²) in [6.07, 6.45) is 6.22. The molecule has 2 saturated heterocycles. The first-order valence-corrected chi connectivity index (χ1v) is 10.5. The molecule has 3 atom stereocenters. The molecule has 2 aromatic heterocycles. The third kappa shape index (κ3) is 2.79. The van der Waals surface area contributed by atoms with Crippen LogP contribution >= 0.6 is 11.3 Å². The number of thiophene rings is 1. The fourth-order valence-electron chi connectivity index (χ4n) is 4.98. The SMILES string of the molecule is CC[C@@]1(C(=O)NCc2cccs2)C[C@@H]2CC[C@H]1N2Cc1cnn(C)c1C. The summed E-state index contributed by atoms with van der Waals surface area (Å²) in [4.78, 5) is 17.0. The van der Waals surface area contributed by atoms with E-state index in [0.29, 0.717) is 18.6 Å². The highest BCUT2D eigenvalue weighted by Gasteiger charge is 2.58. The van der Waals surface area contributed by atoms with E-state index >= 15 is 0 Å². The second kappa shape index (κ2) is 6.82. The molecule has 2 aromatic rings. The normalized spacial score (nSPS) is 28.0. The predicted octanol–water partition coefficient (Wildman–Crippen LogP) is 3.24. The Morgan fingerprint density at radius 1 is 1.46 bits per heavy atom. The molecule has 2 aliphatic rings. The minimum absolute atomic E-state index is 0.240. The molecule has 6 heteroatoms. The van der Waals surface area contributed by atoms with Crippen LogP contribution in [0.25, 0.3) is 0 Å². The van der Waals surface area contributed by atoms with Gasteiger partial charge in [0.25, 0.3) is 0 Å². The molecule has 26 heavy (non-hydrogen) atoms. The Morgan fingerprint density at radius 3 is 2.96 bits per heavy atom. The monoisotopic (exact) mass is 372 g/mol. The van der Waals surface area contributed by atoms with Crippen molar-refractivity contribution < 1.29 is 4.79 Å². The Labute approximate surface area is 159 Å². The smallest absolute Gasteiger partial charge is 0.228 e. The Hall–Kier alpha value is -1.66. The zero-order valence-electron chi connectivity index (χ0n) is 15.9. The van der Waals surface area contributed by atoms with Crippen molar-refractivity contribution in [1.82, 2.24) is 20.0 Å². The number of hydrogen-bond donors (Lipinski definition) is 1. The van der Waals surface area contributed by atoms with Crippen LogP contribution in [0.4, 0.5) is 0 Å². The fraction of sp³-hybridized carbons (Fsp3) is 0.600. The molecule has 1 amide bonds. The van der Waals surface area contributed by atoms with E-state index in [4.69, 9.17) is 0 Å². The van der Waals surface area contributed by atoms with Crippen molar-refractivity contribution in [2.45, 2.75) is 64.7 Å². The lowest BCUT2D eigenvalue weighted by Gasteiger charge is -2.35. The summed E-state index contributed by atoms with van der Waals surface area (Å²) in [7, 11) is 1.99. The molecule has 4 heterocycles. The first-order chi connectivity index (χ1) is 12.5. The number of carbonyl (C=O) groups excluding carboxylic acids is 1. The van der Waals surface area contributed by atoms with Crippen molar-refractivity contribution in [2.75, 3.05) is 0 Å². The zero-order valence-corrected chi connectivity index (χ0v) is 16.7. The van der Waals surface area contributed by atoms with Crippen LogP contribution in [0.5, 0.6) is 0 Å². The second-order valence-corrected chi connectivity index (χ2v) is 8.81. The van der Waals surface area contributed by atoms with Gasteiger partial charge in [-0.25, -0.2) is 0 Å². The van der Waals surface area contributed by atoms with Gasteiger partial charge in [-0.2, -0.15) is 5.10 Å². The molecule has 0 aromatic carbocycles. The summed E-state index contributed by atoms with van der Waals surface area (Å²) in [5.41, 5.74) is 2.27. The molecule has 0 aliphatic carbocycles. The molecule has 1 N–H and O–H groups in total. The van der Waals surface area contributed by atoms with E-state index in [0.717, 1.165) is 25.8 Å². The van der Waals surface area contributed by atoms with Gasteiger partial charge in [-0.3, -0.25) is 14.4 Å². The van der Waals surface area contributed by atoms with Crippen LogP contribution in [0.3, 0.4) is 0 Å². The van der Waals surface area contributed by atoms with E-state index in [1.54, 1.807) is 11.3 Å². The van der Waals surface area contributed by atoms with E-state index in [2.05, 4.69) is 40.6 Å². The number of hydrogen-bond acceptors (Lipinski definition) is 4. The van der Waals surface area contributed by atoms with Gasteiger partial charge < -0.3 is 5.32 Å². The molecule has 2 aliphatic heterocycles. The minimum atomic E-state index is -0.240. The topological polar surface area (TPSA) is 50.2 Å². The molecule has 0 unspecified atom stereocenters. The largest absolute Gasteiger partial charge is 0.351 e. The van der Waals surface area contributed by atoms with E-state index in [1.165, 1.54) is 22.6 Å². The number of fused-ring (bicyclic) bond motifs is 2. The van der Waals surface area contributed by atoms with E-state index in [9.17, 15) is 4.79 Å². The Balaban J connectivity index is 1.50. The fourth-order valence-corrected chi connectivity index (χ4v) is 5.63. The first kappa shape index (κ1) is 17.7. The number of amides is 1. The third-order valence-electron chi connectivity index (χ3n) is 6.66. The molecule has 4 rings (SSSR count). The maximum Gasteiger partial charge on any atom is 0.228 e. The Bertz CT molecular complexity index is 784. The summed E-state index contributed by atoms with van der Waals surface area (Å²) in [5.74, 6) is 0.244. The summed E-state index contributed by atoms with van der Waals surface area (Å²) >= 11 is 1.70. The van der Waals surface area contributed by atoms with Gasteiger partial charge in [-0.1, -0.05) is 13.0 Å². The average molecular weight is 373 g/mol. The molecule has 140 valence electrons. The van der Waals surface area contributed by atoms with Crippen LogP contribution in [0, 0.1) is 12.3 Å².